The first-order valence-corrected chi connectivity index (χ1v) is 7.75. The van der Waals surface area contributed by atoms with Gasteiger partial charge in [0.15, 0.2) is 0 Å². The molecule has 25 heavy (non-hydrogen) atoms. The first-order valence-electron chi connectivity index (χ1n) is 7.75. The van der Waals surface area contributed by atoms with Crippen LogP contribution in [0.2, 0.25) is 0 Å². The largest absolute Gasteiger partial charge is 3.00 e. The second-order valence-corrected chi connectivity index (χ2v) is 6.03. The fourth-order valence-electron chi connectivity index (χ4n) is 3.86. The molecule has 1 aliphatic rings. The van der Waals surface area contributed by atoms with Crippen molar-refractivity contribution < 1.29 is 51.0 Å². The molecule has 0 saturated carbocycles. The summed E-state index contributed by atoms with van der Waals surface area (Å²) in [5.74, 6) is 0.361. The summed E-state index contributed by atoms with van der Waals surface area (Å²) in [5.41, 5.74) is 7.03. The Bertz CT molecular complexity index is 925. The van der Waals surface area contributed by atoms with Gasteiger partial charge >= 0.3 is 26.2 Å². The molecule has 0 atom stereocenters. The summed E-state index contributed by atoms with van der Waals surface area (Å²) in [6.07, 6.45) is 0. The van der Waals surface area contributed by atoms with E-state index in [9.17, 15) is 0 Å². The summed E-state index contributed by atoms with van der Waals surface area (Å²) in [4.78, 5) is 0. The molecule has 0 nitrogen and oxygen atoms in total. The van der Waals surface area contributed by atoms with Crippen molar-refractivity contribution in [3.63, 3.8) is 0 Å². The van der Waals surface area contributed by atoms with Crippen molar-refractivity contribution in [2.45, 2.75) is 5.92 Å². The number of halogens is 2. The molecule has 5 rings (SSSR count). The third-order valence-electron chi connectivity index (χ3n) is 4.81. The van der Waals surface area contributed by atoms with Crippen LogP contribution in [0.3, 0.4) is 0 Å². The van der Waals surface area contributed by atoms with Crippen LogP contribution in [0, 0.1) is 0 Å². The number of benzene rings is 3. The van der Waals surface area contributed by atoms with Gasteiger partial charge in [-0.05, 0) is 22.3 Å². The van der Waals surface area contributed by atoms with E-state index in [-0.39, 0.29) is 51.0 Å². The van der Waals surface area contributed by atoms with Gasteiger partial charge in [-0.3, -0.25) is 0 Å². The van der Waals surface area contributed by atoms with Crippen LogP contribution in [0.25, 0.3) is 21.9 Å². The summed E-state index contributed by atoms with van der Waals surface area (Å²) in [6, 6.07) is 30.9. The fraction of sp³-hybridized carbons (Fsp3) is 0.0455. The Hall–Kier alpha value is -1.27. The summed E-state index contributed by atoms with van der Waals surface area (Å²) < 4.78 is 0. The monoisotopic (exact) mass is 439 g/mol. The molecule has 4 aromatic carbocycles. The SMILES string of the molecule is [Cl-].[Cl-].[Zr+3].c1ccc2c(c1)-c1ccccc1C2c1cc2ccccc2[cH-]1. The van der Waals surface area contributed by atoms with Crippen molar-refractivity contribution in [2.75, 3.05) is 0 Å². The molecule has 0 unspecified atom stereocenters. The van der Waals surface area contributed by atoms with Gasteiger partial charge in [-0.15, -0.1) is 40.6 Å². The minimum Gasteiger partial charge on any atom is -1.00 e. The summed E-state index contributed by atoms with van der Waals surface area (Å²) >= 11 is 0. The van der Waals surface area contributed by atoms with E-state index in [1.165, 1.54) is 38.6 Å². The van der Waals surface area contributed by atoms with E-state index >= 15 is 0 Å². The molecule has 3 heteroatoms. The van der Waals surface area contributed by atoms with E-state index in [2.05, 4.69) is 84.9 Å². The van der Waals surface area contributed by atoms with Gasteiger partial charge in [0, 0.05) is 5.92 Å². The molecule has 0 N–H and O–H groups in total. The number of hydrogen-bond donors (Lipinski definition) is 0. The van der Waals surface area contributed by atoms with E-state index in [4.69, 9.17) is 0 Å². The van der Waals surface area contributed by atoms with Crippen molar-refractivity contribution in [3.05, 3.63) is 102 Å². The van der Waals surface area contributed by atoms with Gasteiger partial charge in [0.1, 0.15) is 0 Å². The molecule has 0 aliphatic heterocycles. The molecular weight excluding hydrogens is 426 g/mol. The first kappa shape index (κ1) is 20.1. The Morgan fingerprint density at radius 1 is 0.640 bits per heavy atom. The minimum atomic E-state index is 0. The van der Waals surface area contributed by atoms with E-state index < -0.39 is 0 Å². The van der Waals surface area contributed by atoms with Gasteiger partial charge < -0.3 is 24.8 Å². The summed E-state index contributed by atoms with van der Waals surface area (Å²) in [5, 5.41) is 2.67. The van der Waals surface area contributed by atoms with Crippen molar-refractivity contribution in [2.24, 2.45) is 0 Å². The van der Waals surface area contributed by atoms with Crippen molar-refractivity contribution in [1.82, 2.24) is 0 Å². The molecule has 121 valence electrons. The van der Waals surface area contributed by atoms with Gasteiger partial charge in [0.05, 0.1) is 0 Å². The predicted molar refractivity (Wildman–Crippen MR) is 92.4 cm³/mol. The Morgan fingerprint density at radius 2 is 1.16 bits per heavy atom. The molecule has 0 fully saturated rings. The predicted octanol–water partition coefficient (Wildman–Crippen LogP) is -0.275. The first-order chi connectivity index (χ1) is 10.9. The zero-order valence-electron chi connectivity index (χ0n) is 13.4. The maximum absolute atomic E-state index is 2.35. The number of fused-ring (bicyclic) bond motifs is 4. The Morgan fingerprint density at radius 3 is 1.76 bits per heavy atom. The van der Waals surface area contributed by atoms with Crippen LogP contribution in [-0.4, -0.2) is 0 Å². The molecular formula is C22H15Cl2Zr. The quantitative estimate of drug-likeness (QED) is 0.314. The third-order valence-corrected chi connectivity index (χ3v) is 4.81. The van der Waals surface area contributed by atoms with E-state index in [1.807, 2.05) is 0 Å². The van der Waals surface area contributed by atoms with Gasteiger partial charge in [0.2, 0.25) is 0 Å². The maximum atomic E-state index is 2.35. The van der Waals surface area contributed by atoms with Crippen molar-refractivity contribution in [1.29, 1.82) is 0 Å². The number of hydrogen-bond acceptors (Lipinski definition) is 0. The molecule has 0 spiro atoms. The van der Waals surface area contributed by atoms with E-state index in [0.717, 1.165) is 0 Å². The van der Waals surface area contributed by atoms with Crippen molar-refractivity contribution >= 4 is 10.8 Å². The Kier molecular flexibility index (Phi) is 6.38. The van der Waals surface area contributed by atoms with Gasteiger partial charge in [-0.1, -0.05) is 54.6 Å². The Balaban J connectivity index is 0.000000751. The van der Waals surface area contributed by atoms with E-state index in [1.54, 1.807) is 0 Å². The van der Waals surface area contributed by atoms with Crippen LogP contribution in [-0.2, 0) is 26.2 Å². The van der Waals surface area contributed by atoms with Gasteiger partial charge in [-0.25, -0.2) is 0 Å². The molecule has 0 saturated heterocycles. The van der Waals surface area contributed by atoms with Crippen molar-refractivity contribution in [3.8, 4) is 11.1 Å². The smallest absolute Gasteiger partial charge is 1.00 e. The molecule has 1 aliphatic carbocycles. The topological polar surface area (TPSA) is 0 Å². The van der Waals surface area contributed by atoms with Gasteiger partial charge in [-0.2, -0.15) is 6.07 Å². The van der Waals surface area contributed by atoms with Crippen LogP contribution >= 0.6 is 0 Å². The standard InChI is InChI=1S/C22H15.2ClH.Zr/c1-2-8-16-14-17(13-15(16)7-1)22-20-11-5-3-9-18(20)19-10-4-6-12-21(19)22;;;/h1-14,22H;2*1H;/q-1;;;+3/p-2. The summed E-state index contributed by atoms with van der Waals surface area (Å²) in [6.45, 7) is 0. The average molecular weight is 441 g/mol. The van der Waals surface area contributed by atoms with Gasteiger partial charge in [0.25, 0.3) is 0 Å². The molecule has 4 aromatic rings. The van der Waals surface area contributed by atoms with Crippen LogP contribution < -0.4 is 24.8 Å². The van der Waals surface area contributed by atoms with Crippen LogP contribution in [0.1, 0.15) is 22.6 Å². The molecule has 0 bridgehead atoms. The second-order valence-electron chi connectivity index (χ2n) is 6.03. The fourth-order valence-corrected chi connectivity index (χ4v) is 3.86. The maximum Gasteiger partial charge on any atom is 3.00 e. The van der Waals surface area contributed by atoms with Crippen LogP contribution in [0.4, 0.5) is 0 Å². The zero-order valence-corrected chi connectivity index (χ0v) is 17.4. The molecule has 0 heterocycles. The molecule has 1 radical (unpaired) electrons. The molecule has 0 aromatic heterocycles. The molecule has 0 amide bonds. The second kappa shape index (κ2) is 7.96. The minimum absolute atomic E-state index is 0. The number of rotatable bonds is 1. The normalized spacial score (nSPS) is 11.7. The third kappa shape index (κ3) is 3.15. The summed E-state index contributed by atoms with van der Waals surface area (Å²) in [7, 11) is 0. The van der Waals surface area contributed by atoms with Crippen LogP contribution in [0.15, 0.2) is 84.9 Å². The average Bonchev–Trinajstić information content (AvgIpc) is 3.13. The zero-order chi connectivity index (χ0) is 14.5. The van der Waals surface area contributed by atoms with E-state index in [0.29, 0.717) is 5.92 Å². The Labute approximate surface area is 179 Å². The van der Waals surface area contributed by atoms with Crippen LogP contribution in [0.5, 0.6) is 0 Å².